The van der Waals surface area contributed by atoms with Crippen molar-refractivity contribution in [3.05, 3.63) is 34.9 Å². The first-order chi connectivity index (χ1) is 7.15. The van der Waals surface area contributed by atoms with Crippen molar-refractivity contribution in [1.82, 2.24) is 5.32 Å². The fourth-order valence-electron chi connectivity index (χ4n) is 1.82. The van der Waals surface area contributed by atoms with E-state index in [1.165, 1.54) is 16.7 Å². The van der Waals surface area contributed by atoms with Crippen LogP contribution < -0.4 is 5.32 Å². The van der Waals surface area contributed by atoms with Gasteiger partial charge in [0.1, 0.15) is 0 Å². The number of rotatable bonds is 4. The molecule has 2 N–H and O–H groups in total. The van der Waals surface area contributed by atoms with Gasteiger partial charge in [-0.3, -0.25) is 0 Å². The van der Waals surface area contributed by atoms with Gasteiger partial charge in [-0.1, -0.05) is 23.8 Å². The first-order valence-corrected chi connectivity index (χ1v) is 5.57. The molecule has 1 aromatic carbocycles. The summed E-state index contributed by atoms with van der Waals surface area (Å²) in [5.74, 6) is 0. The lowest BCUT2D eigenvalue weighted by Gasteiger charge is -2.15. The molecule has 2 nitrogen and oxygen atoms in total. The molecule has 0 amide bonds. The van der Waals surface area contributed by atoms with E-state index in [2.05, 4.69) is 37.4 Å². The lowest BCUT2D eigenvalue weighted by atomic mass is 10.1. The lowest BCUT2D eigenvalue weighted by molar-refractivity contribution is 0.229. The molecule has 0 unspecified atom stereocenters. The van der Waals surface area contributed by atoms with Crippen LogP contribution in [0.4, 0.5) is 0 Å². The molecule has 2 rings (SSSR count). The smallest absolute Gasteiger partial charge is 0.0613 e. The molecular formula is C13H19NO. The molecule has 1 saturated carbocycles. The minimum atomic E-state index is 0.0379. The van der Waals surface area contributed by atoms with Crippen molar-refractivity contribution in [2.24, 2.45) is 0 Å². The van der Waals surface area contributed by atoms with Gasteiger partial charge in [-0.05, 0) is 37.8 Å². The van der Waals surface area contributed by atoms with Crippen LogP contribution in [0.1, 0.15) is 29.5 Å². The van der Waals surface area contributed by atoms with Crippen molar-refractivity contribution < 1.29 is 5.11 Å². The van der Waals surface area contributed by atoms with Gasteiger partial charge in [0.25, 0.3) is 0 Å². The molecule has 1 aromatic rings. The number of hydrogen-bond donors (Lipinski definition) is 2. The minimum absolute atomic E-state index is 0.0379. The quantitative estimate of drug-likeness (QED) is 0.787. The second-order valence-corrected chi connectivity index (χ2v) is 4.72. The van der Waals surface area contributed by atoms with Crippen molar-refractivity contribution in [3.63, 3.8) is 0 Å². The Morgan fingerprint density at radius 2 is 2.07 bits per heavy atom. The first-order valence-electron chi connectivity index (χ1n) is 5.57. The highest BCUT2D eigenvalue weighted by atomic mass is 16.3. The molecule has 0 heterocycles. The number of benzene rings is 1. The Balaban J connectivity index is 2.01. The van der Waals surface area contributed by atoms with Crippen LogP contribution in [0.25, 0.3) is 0 Å². The van der Waals surface area contributed by atoms with Crippen LogP contribution in [0.5, 0.6) is 0 Å². The van der Waals surface area contributed by atoms with E-state index < -0.39 is 0 Å². The topological polar surface area (TPSA) is 32.3 Å². The summed E-state index contributed by atoms with van der Waals surface area (Å²) in [6.07, 6.45) is 2.21. The monoisotopic (exact) mass is 205 g/mol. The van der Waals surface area contributed by atoms with Crippen molar-refractivity contribution in [2.75, 3.05) is 6.61 Å². The van der Waals surface area contributed by atoms with Crippen LogP contribution in [0.2, 0.25) is 0 Å². The molecule has 0 aromatic heterocycles. The van der Waals surface area contributed by atoms with Gasteiger partial charge in [0.2, 0.25) is 0 Å². The Bertz CT molecular complexity index is 356. The Labute approximate surface area is 91.3 Å². The first kappa shape index (κ1) is 10.7. The van der Waals surface area contributed by atoms with E-state index in [-0.39, 0.29) is 12.1 Å². The summed E-state index contributed by atoms with van der Waals surface area (Å²) < 4.78 is 0. The highest BCUT2D eigenvalue weighted by molar-refractivity contribution is 5.30. The number of aryl methyl sites for hydroxylation is 2. The van der Waals surface area contributed by atoms with Gasteiger partial charge in [0.15, 0.2) is 0 Å². The predicted octanol–water partition coefficient (Wildman–Crippen LogP) is 1.92. The zero-order valence-corrected chi connectivity index (χ0v) is 9.51. The third kappa shape index (κ3) is 2.39. The van der Waals surface area contributed by atoms with Crippen LogP contribution in [0.15, 0.2) is 18.2 Å². The van der Waals surface area contributed by atoms with Gasteiger partial charge >= 0.3 is 0 Å². The lowest BCUT2D eigenvalue weighted by Crippen LogP contribution is -2.34. The molecule has 0 atom stereocenters. The SMILES string of the molecule is Cc1ccc(C)c(CNC2(CO)CC2)c1. The van der Waals surface area contributed by atoms with Crippen LogP contribution in [0, 0.1) is 13.8 Å². The van der Waals surface area contributed by atoms with Crippen LogP contribution >= 0.6 is 0 Å². The summed E-state index contributed by atoms with van der Waals surface area (Å²) in [5, 5.41) is 12.7. The average molecular weight is 205 g/mol. The molecule has 0 bridgehead atoms. The fourth-order valence-corrected chi connectivity index (χ4v) is 1.82. The van der Waals surface area contributed by atoms with Crippen LogP contribution in [-0.4, -0.2) is 17.3 Å². The molecule has 2 heteroatoms. The van der Waals surface area contributed by atoms with Crippen molar-refractivity contribution in [3.8, 4) is 0 Å². The van der Waals surface area contributed by atoms with Crippen molar-refractivity contribution in [2.45, 2.75) is 38.8 Å². The third-order valence-electron chi connectivity index (χ3n) is 3.31. The zero-order valence-electron chi connectivity index (χ0n) is 9.51. The molecule has 0 saturated heterocycles. The Kier molecular flexibility index (Phi) is 2.81. The Morgan fingerprint density at radius 3 is 2.67 bits per heavy atom. The number of nitrogens with one attached hydrogen (secondary N) is 1. The summed E-state index contributed by atoms with van der Waals surface area (Å²) in [5.41, 5.74) is 4.00. The Morgan fingerprint density at radius 1 is 1.33 bits per heavy atom. The van der Waals surface area contributed by atoms with Crippen LogP contribution in [0.3, 0.4) is 0 Å². The molecule has 0 radical (unpaired) electrons. The molecule has 1 aliphatic rings. The van der Waals surface area contributed by atoms with E-state index in [9.17, 15) is 5.11 Å². The maximum atomic E-state index is 9.20. The van der Waals surface area contributed by atoms with Gasteiger partial charge in [-0.2, -0.15) is 0 Å². The number of aliphatic hydroxyl groups excluding tert-OH is 1. The van der Waals surface area contributed by atoms with Crippen molar-refractivity contribution in [1.29, 1.82) is 0 Å². The minimum Gasteiger partial charge on any atom is -0.394 e. The van der Waals surface area contributed by atoms with Crippen LogP contribution in [-0.2, 0) is 6.54 Å². The molecule has 15 heavy (non-hydrogen) atoms. The summed E-state index contributed by atoms with van der Waals surface area (Å²) >= 11 is 0. The van der Waals surface area contributed by atoms with E-state index in [1.54, 1.807) is 0 Å². The Hall–Kier alpha value is -0.860. The standard InChI is InChI=1S/C13H19NO/c1-10-3-4-11(2)12(7-10)8-14-13(9-15)5-6-13/h3-4,7,14-15H,5-6,8-9H2,1-2H3. The predicted molar refractivity (Wildman–Crippen MR) is 61.8 cm³/mol. The van der Waals surface area contributed by atoms with E-state index in [0.717, 1.165) is 19.4 Å². The molecule has 0 aliphatic heterocycles. The summed E-state index contributed by atoms with van der Waals surface area (Å²) in [6, 6.07) is 6.51. The average Bonchev–Trinajstić information content (AvgIpc) is 3.00. The van der Waals surface area contributed by atoms with Gasteiger partial charge in [-0.15, -0.1) is 0 Å². The highest BCUT2D eigenvalue weighted by Gasteiger charge is 2.41. The van der Waals surface area contributed by atoms with E-state index in [0.29, 0.717) is 0 Å². The largest absolute Gasteiger partial charge is 0.394 e. The maximum absolute atomic E-state index is 9.20. The van der Waals surface area contributed by atoms with Gasteiger partial charge < -0.3 is 10.4 Å². The van der Waals surface area contributed by atoms with Crippen molar-refractivity contribution >= 4 is 0 Å². The van der Waals surface area contributed by atoms with Gasteiger partial charge in [0.05, 0.1) is 6.61 Å². The molecular weight excluding hydrogens is 186 g/mol. The molecule has 0 spiro atoms. The van der Waals surface area contributed by atoms with E-state index in [1.807, 2.05) is 0 Å². The van der Waals surface area contributed by atoms with E-state index >= 15 is 0 Å². The zero-order chi connectivity index (χ0) is 10.9. The number of aliphatic hydroxyl groups is 1. The summed E-state index contributed by atoms with van der Waals surface area (Å²) in [7, 11) is 0. The highest BCUT2D eigenvalue weighted by Crippen LogP contribution is 2.34. The maximum Gasteiger partial charge on any atom is 0.0613 e. The summed E-state index contributed by atoms with van der Waals surface area (Å²) in [4.78, 5) is 0. The fraction of sp³-hybridized carbons (Fsp3) is 0.538. The second-order valence-electron chi connectivity index (χ2n) is 4.72. The van der Waals surface area contributed by atoms with Gasteiger partial charge in [0, 0.05) is 12.1 Å². The molecule has 1 aliphatic carbocycles. The van der Waals surface area contributed by atoms with E-state index in [4.69, 9.17) is 0 Å². The molecule has 82 valence electrons. The summed E-state index contributed by atoms with van der Waals surface area (Å²) in [6.45, 7) is 5.38. The normalized spacial score (nSPS) is 17.8. The second kappa shape index (κ2) is 3.95. The van der Waals surface area contributed by atoms with Gasteiger partial charge in [-0.25, -0.2) is 0 Å². The number of hydrogen-bond acceptors (Lipinski definition) is 2. The molecule has 1 fully saturated rings. The third-order valence-corrected chi connectivity index (χ3v) is 3.31.